The molecule has 2 heterocycles. The van der Waals surface area contributed by atoms with E-state index >= 15 is 0 Å². The number of unbranched alkanes of at least 4 members (excludes halogenated alkanes) is 2. The summed E-state index contributed by atoms with van der Waals surface area (Å²) in [6.45, 7) is 0.472. The van der Waals surface area contributed by atoms with Crippen molar-refractivity contribution in [3.05, 3.63) is 48.6 Å². The molecule has 0 radical (unpaired) electrons. The average molecular weight is 689 g/mol. The van der Waals surface area contributed by atoms with Crippen LogP contribution in [0.15, 0.2) is 48.6 Å². The summed E-state index contributed by atoms with van der Waals surface area (Å²) in [6.07, 6.45) is 11.0. The van der Waals surface area contributed by atoms with Crippen molar-refractivity contribution in [3.63, 3.8) is 0 Å². The number of rotatable bonds is 16. The van der Waals surface area contributed by atoms with E-state index in [9.17, 15) is 38.4 Å². The molecule has 2 aliphatic heterocycles. The fourth-order valence-electron chi connectivity index (χ4n) is 3.57. The van der Waals surface area contributed by atoms with Gasteiger partial charge >= 0.3 is 137 Å². The van der Waals surface area contributed by atoms with E-state index in [1.807, 2.05) is 0 Å². The van der Waals surface area contributed by atoms with Crippen LogP contribution in [0.5, 0.6) is 0 Å². The van der Waals surface area contributed by atoms with Crippen LogP contribution in [0.25, 0.3) is 0 Å². The number of aliphatic carboxylic acids is 4. The summed E-state index contributed by atoms with van der Waals surface area (Å²) in [4.78, 5) is 89.6. The van der Waals surface area contributed by atoms with Crippen LogP contribution >= 0.6 is 0 Å². The number of carbonyl (C=O) groups is 8. The van der Waals surface area contributed by atoms with E-state index in [2.05, 4.69) is 0 Å². The molecule has 0 saturated carbocycles. The van der Waals surface area contributed by atoms with Crippen LogP contribution in [0.3, 0.4) is 0 Å². The Bertz CT molecular complexity index is 1030. The van der Waals surface area contributed by atoms with Gasteiger partial charge in [0.2, 0.25) is 0 Å². The van der Waals surface area contributed by atoms with Crippen molar-refractivity contribution in [2.24, 2.45) is 11.8 Å². The molecule has 0 aromatic heterocycles. The van der Waals surface area contributed by atoms with E-state index in [4.69, 9.17) is 20.4 Å². The molecule has 2 atom stereocenters. The molecule has 2 aliphatic rings. The molecule has 17 heteroatoms. The van der Waals surface area contributed by atoms with Gasteiger partial charge in [-0.3, -0.25) is 38.6 Å². The Morgan fingerprint density at radius 1 is 0.558 bits per heavy atom. The van der Waals surface area contributed by atoms with Crippen molar-refractivity contribution < 1.29 is 58.8 Å². The normalized spacial score (nSPS) is 15.0. The number of nitrogens with zero attached hydrogens (tertiary/aromatic N) is 2. The van der Waals surface area contributed by atoms with Crippen LogP contribution in [0.2, 0.25) is 0 Å². The number of amides is 4. The number of carbonyl (C=O) groups excluding carboxylic acids is 4. The molecule has 2 rings (SSSR count). The molecular formula is C26H36Ca3N2O12. The van der Waals surface area contributed by atoms with Gasteiger partial charge in [0.05, 0.1) is 11.8 Å². The molecule has 0 aliphatic carbocycles. The van der Waals surface area contributed by atoms with Crippen molar-refractivity contribution in [1.29, 1.82) is 0 Å². The number of carboxylic acids is 4. The summed E-state index contributed by atoms with van der Waals surface area (Å²) in [5.74, 6) is -7.82. The monoisotopic (exact) mass is 688 g/mol. The zero-order valence-corrected chi connectivity index (χ0v) is 21.4. The minimum absolute atomic E-state index is 0. The van der Waals surface area contributed by atoms with E-state index in [0.717, 1.165) is 34.1 Å². The van der Waals surface area contributed by atoms with Crippen LogP contribution in [0.4, 0.5) is 0 Å². The molecule has 228 valence electrons. The van der Waals surface area contributed by atoms with Gasteiger partial charge in [0.25, 0.3) is 23.6 Å². The Morgan fingerprint density at radius 3 is 1.07 bits per heavy atom. The van der Waals surface area contributed by atoms with Gasteiger partial charge in [-0.25, -0.2) is 9.59 Å². The van der Waals surface area contributed by atoms with Crippen LogP contribution in [0.1, 0.15) is 38.5 Å². The second kappa shape index (κ2) is 25.1. The Kier molecular flexibility index (Phi) is 27.1. The van der Waals surface area contributed by atoms with Gasteiger partial charge in [-0.05, 0) is 25.7 Å². The van der Waals surface area contributed by atoms with Crippen molar-refractivity contribution in [2.75, 3.05) is 13.1 Å². The molecular weight excluding hydrogens is 653 g/mol. The van der Waals surface area contributed by atoms with Gasteiger partial charge < -0.3 is 20.4 Å². The second-order valence-corrected chi connectivity index (χ2v) is 8.60. The zero-order chi connectivity index (χ0) is 30.2. The topological polar surface area (TPSA) is 224 Å². The number of hydrogen-bond donors (Lipinski definition) is 4. The number of carboxylic acid groups (broad SMARTS) is 4. The molecule has 0 bridgehead atoms. The standard InChI is InChI=1S/2C13H15NO6.3Ca.6H/c2*15-10-5-6-11(16)14(10)8-2-1-3-9(13(19)20)4-7-12(17)18;;;;;;;;;/h2*4-7,9H,1-3,8H2,(H,17,18)(H,19,20);;;;;;;;;. The number of imide groups is 2. The van der Waals surface area contributed by atoms with E-state index in [1.165, 1.54) is 24.3 Å². The van der Waals surface area contributed by atoms with E-state index in [1.54, 1.807) is 0 Å². The van der Waals surface area contributed by atoms with Gasteiger partial charge in [0.1, 0.15) is 0 Å². The van der Waals surface area contributed by atoms with Crippen LogP contribution in [-0.4, -0.2) is 204 Å². The molecule has 4 amide bonds. The third-order valence-electron chi connectivity index (χ3n) is 5.67. The Morgan fingerprint density at radius 2 is 0.837 bits per heavy atom. The molecule has 0 spiro atoms. The predicted octanol–water partition coefficient (Wildman–Crippen LogP) is -1.90. The molecule has 0 aromatic carbocycles. The minimum atomic E-state index is -1.20. The van der Waals surface area contributed by atoms with Crippen molar-refractivity contribution in [3.8, 4) is 0 Å². The second-order valence-electron chi connectivity index (χ2n) is 8.60. The predicted molar refractivity (Wildman–Crippen MR) is 161 cm³/mol. The van der Waals surface area contributed by atoms with Gasteiger partial charge in [-0.2, -0.15) is 0 Å². The molecule has 0 fully saturated rings. The Hall–Kier alpha value is -1.10. The van der Waals surface area contributed by atoms with Gasteiger partial charge in [-0.15, -0.1) is 0 Å². The van der Waals surface area contributed by atoms with E-state index < -0.39 is 35.7 Å². The van der Waals surface area contributed by atoms with E-state index in [0.29, 0.717) is 25.7 Å². The van der Waals surface area contributed by atoms with E-state index in [-0.39, 0.29) is 163 Å². The fourth-order valence-corrected chi connectivity index (χ4v) is 3.57. The summed E-state index contributed by atoms with van der Waals surface area (Å²) >= 11 is 0. The Balaban J connectivity index is -0.000000696. The first kappa shape index (κ1) is 46.3. The first-order chi connectivity index (χ1) is 18.8. The molecule has 2 unspecified atom stereocenters. The molecule has 0 aromatic rings. The maximum absolute atomic E-state index is 11.2. The van der Waals surface area contributed by atoms with Crippen molar-refractivity contribution in [1.82, 2.24) is 9.80 Å². The Labute approximate surface area is 336 Å². The first-order valence-electron chi connectivity index (χ1n) is 12.2. The summed E-state index contributed by atoms with van der Waals surface area (Å²) in [5.41, 5.74) is 0. The molecule has 43 heavy (non-hydrogen) atoms. The van der Waals surface area contributed by atoms with Gasteiger partial charge in [-0.1, -0.05) is 25.0 Å². The quantitative estimate of drug-likeness (QED) is 0.0604. The van der Waals surface area contributed by atoms with Gasteiger partial charge in [0, 0.05) is 49.5 Å². The molecule has 14 nitrogen and oxygen atoms in total. The third kappa shape index (κ3) is 19.1. The summed E-state index contributed by atoms with van der Waals surface area (Å²) in [5, 5.41) is 34.7. The number of hydrogen-bond acceptors (Lipinski definition) is 8. The summed E-state index contributed by atoms with van der Waals surface area (Å²) in [6, 6.07) is 0. The third-order valence-corrected chi connectivity index (χ3v) is 5.67. The summed E-state index contributed by atoms with van der Waals surface area (Å²) < 4.78 is 0. The SMILES string of the molecule is O=C(O)C=CC(CCCCN1C(=O)C=CC1=O)C(=O)O.O=C(O)C=CC(CCCCN1C(=O)C=CC1=O)C(=O)O.[CaH2].[CaH2].[CaH2]. The summed E-state index contributed by atoms with van der Waals surface area (Å²) in [7, 11) is 0. The zero-order valence-electron chi connectivity index (χ0n) is 21.4. The fraction of sp³-hybridized carbons (Fsp3) is 0.385. The van der Waals surface area contributed by atoms with Crippen molar-refractivity contribution >= 4 is 161 Å². The van der Waals surface area contributed by atoms with Crippen LogP contribution in [-0.2, 0) is 38.4 Å². The van der Waals surface area contributed by atoms with Crippen LogP contribution < -0.4 is 0 Å². The average Bonchev–Trinajstić information content (AvgIpc) is 3.37. The maximum atomic E-state index is 11.2. The molecule has 4 N–H and O–H groups in total. The van der Waals surface area contributed by atoms with Crippen LogP contribution in [0, 0.1) is 11.8 Å². The first-order valence-corrected chi connectivity index (χ1v) is 12.2. The van der Waals surface area contributed by atoms with Gasteiger partial charge in [0.15, 0.2) is 0 Å². The van der Waals surface area contributed by atoms with Crippen molar-refractivity contribution in [2.45, 2.75) is 38.5 Å². The molecule has 0 saturated heterocycles.